The van der Waals surface area contributed by atoms with E-state index in [2.05, 4.69) is 96.1 Å². The number of aliphatic hydroxyl groups excluding tert-OH is 3. The van der Waals surface area contributed by atoms with Crippen molar-refractivity contribution in [3.63, 3.8) is 0 Å². The molecule has 0 spiro atoms. The second kappa shape index (κ2) is 39.1. The molecule has 8 atom stereocenters. The van der Waals surface area contributed by atoms with E-state index < -0.39 is 89.8 Å². The highest BCUT2D eigenvalue weighted by atomic mass is 31.3. The highest BCUT2D eigenvalue weighted by molar-refractivity contribution is 7.61. The Bertz CT molecular complexity index is 2120. The van der Waals surface area contributed by atoms with Gasteiger partial charge in [-0.1, -0.05) is 143 Å². The molecule has 410 valence electrons. The number of anilines is 1. The Hall–Kier alpha value is -4.36. The van der Waals surface area contributed by atoms with Gasteiger partial charge in [-0.25, -0.2) is 13.9 Å². The summed E-state index contributed by atoms with van der Waals surface area (Å²) in [6, 6.07) is 1.24. The molecule has 73 heavy (non-hydrogen) atoms. The second-order valence-corrected chi connectivity index (χ2v) is 20.1. The van der Waals surface area contributed by atoms with Crippen molar-refractivity contribution in [3.05, 3.63) is 120 Å². The number of unbranched alkanes of at least 4 members (excludes halogenated alkanes) is 7. The lowest BCUT2D eigenvalue weighted by atomic mass is 10.1. The number of hydrogen-bond acceptors (Lipinski definition) is 16. The highest BCUT2D eigenvalue weighted by Crippen LogP contribution is 2.60. The second-order valence-electron chi connectivity index (χ2n) is 17.1. The number of nitrogens with zero attached hydrogens (tertiary/aromatic N) is 2. The first-order valence-corrected chi connectivity index (χ1v) is 28.3. The van der Waals surface area contributed by atoms with Crippen LogP contribution in [-0.4, -0.2) is 96.9 Å². The SMILES string of the molecule is CC/C=C\C/C=C\C/C=C\C/C=C\C/C=C\CCCCCC(=O)O[C@H](COC(=O)CCCCCCCC(O)/C=C/C=C/C/C=C/CC)COP(=O)(O)OP(=O)(O)OC[C@H]1O[C@@H](n2ccc(N)nc2=O)[C@H](O)[C@@H]1O. The summed E-state index contributed by atoms with van der Waals surface area (Å²) in [6.45, 7) is 1.77. The number of allylic oxidation sites excluding steroid dienone is 15. The average Bonchev–Trinajstić information content (AvgIpc) is 3.62. The maximum Gasteiger partial charge on any atom is 0.481 e. The molecule has 21 heteroatoms. The normalized spacial score (nSPS) is 20.2. The van der Waals surface area contributed by atoms with E-state index in [-0.39, 0.29) is 18.7 Å². The number of hydrogen-bond donors (Lipinski definition) is 6. The van der Waals surface area contributed by atoms with Crippen LogP contribution in [0.1, 0.15) is 142 Å². The molecular weight excluding hydrogens is 985 g/mol. The maximum atomic E-state index is 12.9. The molecule has 0 aliphatic carbocycles. The van der Waals surface area contributed by atoms with Gasteiger partial charge in [0.1, 0.15) is 30.7 Å². The van der Waals surface area contributed by atoms with E-state index in [0.717, 1.165) is 94.2 Å². The lowest BCUT2D eigenvalue weighted by Gasteiger charge is -2.21. The Kier molecular flexibility index (Phi) is 34.7. The molecule has 0 radical (unpaired) electrons. The van der Waals surface area contributed by atoms with Gasteiger partial charge in [0.25, 0.3) is 0 Å². The fraction of sp³-hybridized carbons (Fsp3) is 0.577. The summed E-state index contributed by atoms with van der Waals surface area (Å²) in [5.74, 6) is -1.43. The molecule has 0 saturated carbocycles. The molecule has 3 unspecified atom stereocenters. The van der Waals surface area contributed by atoms with Crippen molar-refractivity contribution in [2.24, 2.45) is 0 Å². The molecule has 1 aromatic heterocycles. The zero-order valence-corrected chi connectivity index (χ0v) is 44.3. The van der Waals surface area contributed by atoms with E-state index in [0.29, 0.717) is 25.7 Å². The summed E-state index contributed by atoms with van der Waals surface area (Å²) in [4.78, 5) is 61.9. The Morgan fingerprint density at radius 3 is 1.90 bits per heavy atom. The number of aromatic nitrogens is 2. The first-order chi connectivity index (χ1) is 35.1. The van der Waals surface area contributed by atoms with E-state index in [1.165, 1.54) is 6.07 Å². The molecular formula is C52H81N3O16P2. The van der Waals surface area contributed by atoms with E-state index in [1.54, 1.807) is 6.08 Å². The number of aliphatic hydroxyl groups is 3. The molecule has 2 rings (SSSR count). The third-order valence-corrected chi connectivity index (χ3v) is 13.4. The maximum absolute atomic E-state index is 12.9. The van der Waals surface area contributed by atoms with Gasteiger partial charge < -0.3 is 45.1 Å². The number of phosphoric ester groups is 2. The Morgan fingerprint density at radius 1 is 0.726 bits per heavy atom. The molecule has 0 bridgehead atoms. The van der Waals surface area contributed by atoms with Crippen LogP contribution in [0.4, 0.5) is 5.82 Å². The minimum absolute atomic E-state index is 0.0154. The van der Waals surface area contributed by atoms with Crippen molar-refractivity contribution in [1.29, 1.82) is 0 Å². The number of esters is 2. The zero-order chi connectivity index (χ0) is 53.6. The van der Waals surface area contributed by atoms with Crippen LogP contribution >= 0.6 is 15.6 Å². The summed E-state index contributed by atoms with van der Waals surface area (Å²) in [5, 5.41) is 31.1. The Balaban J connectivity index is 1.84. The Morgan fingerprint density at radius 2 is 1.27 bits per heavy atom. The number of carbonyl (C=O) groups is 2. The molecule has 1 aliphatic rings. The predicted octanol–water partition coefficient (Wildman–Crippen LogP) is 9.41. The van der Waals surface area contributed by atoms with Gasteiger partial charge in [0.05, 0.1) is 19.3 Å². The summed E-state index contributed by atoms with van der Waals surface area (Å²) in [5.41, 5.74) is 4.57. The van der Waals surface area contributed by atoms with Gasteiger partial charge in [0.15, 0.2) is 12.3 Å². The van der Waals surface area contributed by atoms with Crippen molar-refractivity contribution in [2.75, 3.05) is 25.6 Å². The molecule has 1 aromatic rings. The summed E-state index contributed by atoms with van der Waals surface area (Å²) in [6.07, 6.45) is 39.3. The first-order valence-electron chi connectivity index (χ1n) is 25.4. The highest BCUT2D eigenvalue weighted by Gasteiger charge is 2.46. The standard InChI is InChI=1S/C52H81N3O16P2/c1-3-5-7-9-11-12-13-14-15-16-17-18-19-20-21-22-24-28-33-37-48(58)69-44(40-66-47(57)36-32-29-25-27-31-35-43(56)34-30-26-23-10-8-6-4-2)41-67-72(62,63)71-73(64,65)68-42-45-49(59)50(60)51(70-45)55-39-38-46(53)54-52(55)61/h5-8,11-12,14-15,17-18,20-21,23,26,30,34,38-39,43-45,49-51,56,59-60H,3-4,9-10,13,16,19,22,24-25,27-29,31-33,35-37,40-42H2,1-2H3,(H,62,63)(H,64,65)(H2,53,54,61)/b7-5-,8-6+,12-11-,15-14-,18-17-,21-20-,26-23+,34-30+/t43?,44-,45-,49-,50-,51-/m1/s1. The van der Waals surface area contributed by atoms with E-state index >= 15 is 0 Å². The minimum Gasteiger partial charge on any atom is -0.462 e. The van der Waals surface area contributed by atoms with Gasteiger partial charge in [-0.15, -0.1) is 0 Å². The molecule has 19 nitrogen and oxygen atoms in total. The fourth-order valence-electron chi connectivity index (χ4n) is 6.88. The number of phosphoric acid groups is 2. The van der Waals surface area contributed by atoms with E-state index in [4.69, 9.17) is 29.0 Å². The summed E-state index contributed by atoms with van der Waals surface area (Å²) >= 11 is 0. The molecule has 0 amide bonds. The number of carbonyl (C=O) groups excluding carboxylic acids is 2. The van der Waals surface area contributed by atoms with E-state index in [1.807, 2.05) is 18.2 Å². The first kappa shape index (κ1) is 64.8. The van der Waals surface area contributed by atoms with Crippen LogP contribution in [0, 0.1) is 0 Å². The number of ether oxygens (including phenoxy) is 3. The van der Waals surface area contributed by atoms with Crippen LogP contribution < -0.4 is 11.4 Å². The van der Waals surface area contributed by atoms with Gasteiger partial charge in [-0.3, -0.25) is 23.2 Å². The number of nitrogen functional groups attached to an aromatic ring is 1. The van der Waals surface area contributed by atoms with Gasteiger partial charge >= 0.3 is 33.3 Å². The molecule has 2 heterocycles. The fourth-order valence-corrected chi connectivity index (χ4v) is 8.99. The van der Waals surface area contributed by atoms with Crippen molar-refractivity contribution in [1.82, 2.24) is 9.55 Å². The number of nitrogens with two attached hydrogens (primary N) is 1. The van der Waals surface area contributed by atoms with Crippen LogP contribution in [0.25, 0.3) is 0 Å². The topological polar surface area (TPSA) is 286 Å². The third-order valence-electron chi connectivity index (χ3n) is 10.8. The smallest absolute Gasteiger partial charge is 0.462 e. The van der Waals surface area contributed by atoms with Gasteiger partial charge in [0.2, 0.25) is 0 Å². The van der Waals surface area contributed by atoms with E-state index in [9.17, 15) is 48.6 Å². The minimum atomic E-state index is -5.46. The zero-order valence-electron chi connectivity index (χ0n) is 42.5. The predicted molar refractivity (Wildman–Crippen MR) is 281 cm³/mol. The number of rotatable bonds is 40. The lowest BCUT2D eigenvalue weighted by molar-refractivity contribution is -0.161. The van der Waals surface area contributed by atoms with Crippen molar-refractivity contribution in [2.45, 2.75) is 173 Å². The van der Waals surface area contributed by atoms with Gasteiger partial charge in [0, 0.05) is 19.0 Å². The van der Waals surface area contributed by atoms with Crippen molar-refractivity contribution < 1.29 is 71.4 Å². The van der Waals surface area contributed by atoms with Crippen LogP contribution in [0.15, 0.2) is 114 Å². The van der Waals surface area contributed by atoms with Crippen molar-refractivity contribution >= 4 is 33.4 Å². The van der Waals surface area contributed by atoms with Gasteiger partial charge in [-0.05, 0) is 83.1 Å². The molecule has 0 aromatic carbocycles. The van der Waals surface area contributed by atoms with Crippen molar-refractivity contribution in [3.8, 4) is 0 Å². The third kappa shape index (κ3) is 31.9. The molecule has 1 fully saturated rings. The summed E-state index contributed by atoms with van der Waals surface area (Å²) in [7, 11) is -10.9. The van der Waals surface area contributed by atoms with Crippen LogP contribution in [0.2, 0.25) is 0 Å². The largest absolute Gasteiger partial charge is 0.481 e. The lowest BCUT2D eigenvalue weighted by Crippen LogP contribution is -2.36. The Labute approximate surface area is 431 Å². The quantitative estimate of drug-likeness (QED) is 0.0117. The molecule has 7 N–H and O–H groups in total. The van der Waals surface area contributed by atoms with Crippen LogP contribution in [0.3, 0.4) is 0 Å². The van der Waals surface area contributed by atoms with Crippen LogP contribution in [0.5, 0.6) is 0 Å². The molecule has 1 aliphatic heterocycles. The monoisotopic (exact) mass is 1070 g/mol. The van der Waals surface area contributed by atoms with Crippen LogP contribution in [-0.2, 0) is 46.3 Å². The summed E-state index contributed by atoms with van der Waals surface area (Å²) < 4.78 is 56.7. The average molecular weight is 1070 g/mol. The van der Waals surface area contributed by atoms with Gasteiger partial charge in [-0.2, -0.15) is 9.29 Å². The molecule has 1 saturated heterocycles.